The van der Waals surface area contributed by atoms with Gasteiger partial charge in [-0.3, -0.25) is 15.5 Å². The smallest absolute Gasteiger partial charge is 0.315 e. The summed E-state index contributed by atoms with van der Waals surface area (Å²) in [5.41, 5.74) is 5.64. The molecule has 0 radical (unpaired) electrons. The number of carbonyl (C=O) groups excluding carboxylic acids is 1. The molecule has 88 valence electrons. The summed E-state index contributed by atoms with van der Waals surface area (Å²) >= 11 is 0. The largest absolute Gasteiger partial charge is 0.358 e. The first-order chi connectivity index (χ1) is 7.41. The molecule has 0 aromatic rings. The minimum atomic E-state index is -0.682. The number of amides is 1. The molecule has 0 saturated carbocycles. The van der Waals surface area contributed by atoms with Gasteiger partial charge in [-0.1, -0.05) is 0 Å². The third-order valence-electron chi connectivity index (χ3n) is 2.22. The number of hydrogen-bond acceptors (Lipinski definition) is 5. The van der Waals surface area contributed by atoms with Crippen molar-refractivity contribution >= 4 is 11.6 Å². The lowest BCUT2D eigenvalue weighted by Gasteiger charge is -2.29. The fraction of sp³-hybridized carbons (Fsp3) is 0.556. The first kappa shape index (κ1) is 12.2. The van der Waals surface area contributed by atoms with Crippen LogP contribution in [0.15, 0.2) is 16.9 Å². The molecule has 2 N–H and O–H groups in total. The van der Waals surface area contributed by atoms with Crippen molar-refractivity contribution in [3.8, 4) is 0 Å². The van der Waals surface area contributed by atoms with Crippen LogP contribution in [0.5, 0.6) is 0 Å². The Morgan fingerprint density at radius 2 is 2.31 bits per heavy atom. The quantitative estimate of drug-likeness (QED) is 0.529. The first-order valence-electron chi connectivity index (χ1n) is 4.86. The Bertz CT molecular complexity index is 373. The molecule has 1 aliphatic rings. The number of rotatable bonds is 3. The number of aliphatic imine (C=N–C) groups is 1. The molecule has 1 rings (SSSR count). The second kappa shape index (κ2) is 4.73. The van der Waals surface area contributed by atoms with Gasteiger partial charge in [0.25, 0.3) is 0 Å². The number of nitro groups is 1. The van der Waals surface area contributed by atoms with Crippen molar-refractivity contribution in [1.82, 2.24) is 4.90 Å². The van der Waals surface area contributed by atoms with Crippen LogP contribution in [-0.4, -0.2) is 40.6 Å². The molecular weight excluding hydrogens is 212 g/mol. The standard InChI is InChI=1S/C9H14N4O3/c1-6(2)12-5-7(11-4-9(12)14)3-8(10)13(15)16/h3,6H,4-5,10H2,1-2H3. The van der Waals surface area contributed by atoms with E-state index < -0.39 is 10.7 Å². The Morgan fingerprint density at radius 3 is 2.81 bits per heavy atom. The second-order valence-corrected chi connectivity index (χ2v) is 3.75. The van der Waals surface area contributed by atoms with E-state index >= 15 is 0 Å². The van der Waals surface area contributed by atoms with Gasteiger partial charge in [-0.25, -0.2) is 0 Å². The lowest BCUT2D eigenvalue weighted by Crippen LogP contribution is -2.45. The van der Waals surface area contributed by atoms with Gasteiger partial charge in [-0.2, -0.15) is 0 Å². The lowest BCUT2D eigenvalue weighted by atomic mass is 10.2. The molecule has 7 heteroatoms. The van der Waals surface area contributed by atoms with Crippen LogP contribution in [0.2, 0.25) is 0 Å². The highest BCUT2D eigenvalue weighted by Gasteiger charge is 2.22. The zero-order valence-corrected chi connectivity index (χ0v) is 9.21. The highest BCUT2D eigenvalue weighted by atomic mass is 16.6. The zero-order chi connectivity index (χ0) is 12.3. The van der Waals surface area contributed by atoms with Crippen molar-refractivity contribution in [1.29, 1.82) is 0 Å². The maximum absolute atomic E-state index is 11.4. The number of nitrogens with two attached hydrogens (primary N) is 1. The molecule has 1 amide bonds. The average molecular weight is 226 g/mol. The van der Waals surface area contributed by atoms with Gasteiger partial charge in [0.15, 0.2) is 0 Å². The van der Waals surface area contributed by atoms with Gasteiger partial charge in [0.05, 0.1) is 18.3 Å². The third-order valence-corrected chi connectivity index (χ3v) is 2.22. The van der Waals surface area contributed by atoms with Crippen LogP contribution in [0.3, 0.4) is 0 Å². The molecule has 0 fully saturated rings. The fourth-order valence-electron chi connectivity index (χ4n) is 1.36. The summed E-state index contributed by atoms with van der Waals surface area (Å²) in [5.74, 6) is -0.538. The van der Waals surface area contributed by atoms with Crippen molar-refractivity contribution in [3.05, 3.63) is 22.0 Å². The van der Waals surface area contributed by atoms with Gasteiger partial charge in [0.1, 0.15) is 6.54 Å². The normalized spacial score (nSPS) is 17.7. The van der Waals surface area contributed by atoms with E-state index in [4.69, 9.17) is 5.73 Å². The van der Waals surface area contributed by atoms with Crippen molar-refractivity contribution in [2.24, 2.45) is 10.7 Å². The highest BCUT2D eigenvalue weighted by Crippen LogP contribution is 2.06. The first-order valence-corrected chi connectivity index (χ1v) is 4.86. The summed E-state index contributed by atoms with van der Waals surface area (Å²) in [6.45, 7) is 4.04. The Balaban J connectivity index is 2.82. The van der Waals surface area contributed by atoms with Gasteiger partial charge < -0.3 is 15.0 Å². The summed E-state index contributed by atoms with van der Waals surface area (Å²) in [5, 5.41) is 10.3. The van der Waals surface area contributed by atoms with E-state index in [9.17, 15) is 14.9 Å². The Morgan fingerprint density at radius 1 is 1.69 bits per heavy atom. The van der Waals surface area contributed by atoms with E-state index in [1.165, 1.54) is 6.08 Å². The Hall–Kier alpha value is -1.92. The molecule has 1 heterocycles. The topological polar surface area (TPSA) is 102 Å². The summed E-state index contributed by atoms with van der Waals surface area (Å²) in [6, 6.07) is 0.0447. The van der Waals surface area contributed by atoms with Crippen LogP contribution in [0.4, 0.5) is 0 Å². The molecule has 1 aliphatic heterocycles. The molecule has 0 spiro atoms. The maximum atomic E-state index is 11.4. The summed E-state index contributed by atoms with van der Waals surface area (Å²) < 4.78 is 0. The fourth-order valence-corrected chi connectivity index (χ4v) is 1.36. The van der Waals surface area contributed by atoms with E-state index in [2.05, 4.69) is 4.99 Å². The predicted molar refractivity (Wildman–Crippen MR) is 58.4 cm³/mol. The van der Waals surface area contributed by atoms with E-state index in [1.807, 2.05) is 13.8 Å². The number of hydrogen-bond donors (Lipinski definition) is 1. The molecule has 0 aromatic carbocycles. The highest BCUT2D eigenvalue weighted by molar-refractivity contribution is 6.02. The molecule has 0 unspecified atom stereocenters. The summed E-state index contributed by atoms with van der Waals surface area (Å²) in [7, 11) is 0. The van der Waals surface area contributed by atoms with E-state index in [-0.39, 0.29) is 25.0 Å². The number of carbonyl (C=O) groups is 1. The summed E-state index contributed by atoms with van der Waals surface area (Å²) in [4.78, 5) is 26.6. The van der Waals surface area contributed by atoms with E-state index in [0.29, 0.717) is 5.71 Å². The maximum Gasteiger partial charge on any atom is 0.315 e. The van der Waals surface area contributed by atoms with Crippen LogP contribution in [0.25, 0.3) is 0 Å². The monoisotopic (exact) mass is 226 g/mol. The van der Waals surface area contributed by atoms with Gasteiger partial charge in [0.2, 0.25) is 5.91 Å². The minimum Gasteiger partial charge on any atom is -0.358 e. The van der Waals surface area contributed by atoms with Crippen molar-refractivity contribution < 1.29 is 9.72 Å². The molecular formula is C9H14N4O3. The van der Waals surface area contributed by atoms with E-state index in [0.717, 1.165) is 0 Å². The van der Waals surface area contributed by atoms with Gasteiger partial charge >= 0.3 is 5.82 Å². The van der Waals surface area contributed by atoms with Crippen molar-refractivity contribution in [3.63, 3.8) is 0 Å². The molecule has 0 aromatic heterocycles. The van der Waals surface area contributed by atoms with Crippen LogP contribution in [0, 0.1) is 10.1 Å². The second-order valence-electron chi connectivity index (χ2n) is 3.75. The Kier molecular flexibility index (Phi) is 3.60. The van der Waals surface area contributed by atoms with Crippen LogP contribution in [0.1, 0.15) is 13.8 Å². The third kappa shape index (κ3) is 2.78. The molecule has 16 heavy (non-hydrogen) atoms. The SMILES string of the molecule is CC(C)N1CC(C=C(N)[N+](=O)[O-])=NCC1=O. The lowest BCUT2D eigenvalue weighted by molar-refractivity contribution is -0.426. The van der Waals surface area contributed by atoms with Gasteiger partial charge in [-0.15, -0.1) is 0 Å². The molecule has 0 aliphatic carbocycles. The summed E-state index contributed by atoms with van der Waals surface area (Å²) in [6.07, 6.45) is 1.20. The minimum absolute atomic E-state index is 0.0228. The predicted octanol–water partition coefficient (Wildman–Crippen LogP) is -0.245. The average Bonchev–Trinajstić information content (AvgIpc) is 2.20. The van der Waals surface area contributed by atoms with Gasteiger partial charge in [-0.05, 0) is 18.8 Å². The molecule has 0 atom stereocenters. The molecule has 0 saturated heterocycles. The van der Waals surface area contributed by atoms with E-state index in [1.54, 1.807) is 4.90 Å². The van der Waals surface area contributed by atoms with Crippen LogP contribution >= 0.6 is 0 Å². The number of nitrogens with zero attached hydrogens (tertiary/aromatic N) is 3. The molecule has 7 nitrogen and oxygen atoms in total. The van der Waals surface area contributed by atoms with Crippen molar-refractivity contribution in [2.45, 2.75) is 19.9 Å². The Labute approximate surface area is 92.8 Å². The zero-order valence-electron chi connectivity index (χ0n) is 9.21. The van der Waals surface area contributed by atoms with Crippen molar-refractivity contribution in [2.75, 3.05) is 13.1 Å². The molecule has 0 bridgehead atoms. The van der Waals surface area contributed by atoms with Crippen LogP contribution < -0.4 is 5.73 Å². The van der Waals surface area contributed by atoms with Gasteiger partial charge in [0, 0.05) is 6.04 Å². The van der Waals surface area contributed by atoms with Crippen LogP contribution in [-0.2, 0) is 4.79 Å².